The minimum atomic E-state index is -0.660. The summed E-state index contributed by atoms with van der Waals surface area (Å²) < 4.78 is 10.1. The van der Waals surface area contributed by atoms with Crippen LogP contribution in [0, 0.1) is 5.92 Å². The van der Waals surface area contributed by atoms with Crippen molar-refractivity contribution >= 4 is 12.1 Å². The molecule has 0 fully saturated rings. The number of fused-ring (bicyclic) bond motifs is 1. The maximum absolute atomic E-state index is 12.7. The first kappa shape index (κ1) is 21.5. The molecule has 3 atom stereocenters. The van der Waals surface area contributed by atoms with Gasteiger partial charge in [0.2, 0.25) is 0 Å². The molecule has 1 heterocycles. The van der Waals surface area contributed by atoms with Crippen LogP contribution in [0.3, 0.4) is 0 Å². The predicted molar refractivity (Wildman–Crippen MR) is 104 cm³/mol. The van der Waals surface area contributed by atoms with E-state index in [2.05, 4.69) is 10.1 Å². The summed E-state index contributed by atoms with van der Waals surface area (Å²) in [4.78, 5) is 23.8. The topological polar surface area (TPSA) is 105 Å². The molecule has 0 radical (unpaired) electrons. The highest BCUT2D eigenvalue weighted by Crippen LogP contribution is 2.26. The van der Waals surface area contributed by atoms with Crippen molar-refractivity contribution in [2.24, 2.45) is 5.92 Å². The Morgan fingerprint density at radius 2 is 2.18 bits per heavy atom. The highest BCUT2D eigenvalue weighted by Gasteiger charge is 2.25. The summed E-state index contributed by atoms with van der Waals surface area (Å²) in [5.41, 5.74) is 0.814. The quantitative estimate of drug-likeness (QED) is 0.542. The maximum atomic E-state index is 12.7. The van der Waals surface area contributed by atoms with Crippen LogP contribution in [-0.2, 0) is 15.9 Å². The molecule has 28 heavy (non-hydrogen) atoms. The number of phenolic OH excluding ortho intramolecular Hbond substituents is 1. The number of carbonyl (C=O) groups is 2. The van der Waals surface area contributed by atoms with Gasteiger partial charge in [0.25, 0.3) is 0 Å². The monoisotopic (exact) mass is 389 g/mol. The van der Waals surface area contributed by atoms with E-state index in [1.807, 2.05) is 19.1 Å². The standard InChI is InChI=1S/C21H27NO6/c1-14-7-3-4-8-15-9-5-11-17(23)19(15)20(25)28-16(13-18(14)24)10-6-12-22-21(26)27-2/h3-6,9,11-12,14,16,18,23-24H,7-8,10,13H2,1-2H3,(H,22,26)/b4-3+,12-6+/t14-,16-,18+/m0/s1. The zero-order chi connectivity index (χ0) is 20.5. The Morgan fingerprint density at radius 1 is 1.39 bits per heavy atom. The third kappa shape index (κ3) is 6.13. The van der Waals surface area contributed by atoms with Gasteiger partial charge in [0.15, 0.2) is 0 Å². The second-order valence-electron chi connectivity index (χ2n) is 6.80. The van der Waals surface area contributed by atoms with Crippen molar-refractivity contribution in [3.05, 3.63) is 53.8 Å². The molecule has 1 aliphatic heterocycles. The van der Waals surface area contributed by atoms with E-state index in [0.29, 0.717) is 18.4 Å². The number of benzene rings is 1. The minimum absolute atomic E-state index is 0.00213. The summed E-state index contributed by atoms with van der Waals surface area (Å²) >= 11 is 0. The van der Waals surface area contributed by atoms with Crippen molar-refractivity contribution in [2.45, 2.75) is 44.8 Å². The molecule has 7 nitrogen and oxygen atoms in total. The van der Waals surface area contributed by atoms with Gasteiger partial charge in [-0.3, -0.25) is 5.32 Å². The van der Waals surface area contributed by atoms with Gasteiger partial charge in [0.05, 0.1) is 13.2 Å². The number of alkyl carbamates (subject to hydrolysis) is 1. The third-order valence-electron chi connectivity index (χ3n) is 4.68. The van der Waals surface area contributed by atoms with Crippen LogP contribution >= 0.6 is 0 Å². The largest absolute Gasteiger partial charge is 0.507 e. The fourth-order valence-corrected chi connectivity index (χ4v) is 2.98. The van der Waals surface area contributed by atoms with Crippen LogP contribution in [-0.4, -0.2) is 41.6 Å². The molecule has 7 heteroatoms. The van der Waals surface area contributed by atoms with Crippen molar-refractivity contribution in [3.63, 3.8) is 0 Å². The van der Waals surface area contributed by atoms with Crippen molar-refractivity contribution in [1.29, 1.82) is 0 Å². The smallest absolute Gasteiger partial charge is 0.410 e. The number of ether oxygens (including phenoxy) is 2. The molecule has 152 valence electrons. The number of hydrogen-bond donors (Lipinski definition) is 3. The van der Waals surface area contributed by atoms with Gasteiger partial charge < -0.3 is 19.7 Å². The number of amides is 1. The summed E-state index contributed by atoms with van der Waals surface area (Å²) in [6.45, 7) is 1.94. The normalized spacial score (nSPS) is 24.4. The molecule has 1 aliphatic rings. The van der Waals surface area contributed by atoms with Crippen LogP contribution in [0.15, 0.2) is 42.6 Å². The van der Waals surface area contributed by atoms with Crippen molar-refractivity contribution in [2.75, 3.05) is 7.11 Å². The zero-order valence-electron chi connectivity index (χ0n) is 16.1. The summed E-state index contributed by atoms with van der Waals surface area (Å²) in [5, 5.41) is 23.0. The van der Waals surface area contributed by atoms with E-state index in [-0.39, 0.29) is 30.1 Å². The summed E-state index contributed by atoms with van der Waals surface area (Å²) in [6.07, 6.45) is 6.76. The summed E-state index contributed by atoms with van der Waals surface area (Å²) in [7, 11) is 1.26. The van der Waals surface area contributed by atoms with Crippen LogP contribution in [0.2, 0.25) is 0 Å². The van der Waals surface area contributed by atoms with E-state index in [1.54, 1.807) is 18.2 Å². The van der Waals surface area contributed by atoms with Crippen LogP contribution in [0.1, 0.15) is 42.1 Å². The molecule has 0 saturated heterocycles. The number of aliphatic hydroxyl groups is 1. The number of esters is 1. The Bertz CT molecular complexity index is 742. The van der Waals surface area contributed by atoms with Gasteiger partial charge in [0.1, 0.15) is 17.4 Å². The molecule has 0 aliphatic carbocycles. The first-order valence-corrected chi connectivity index (χ1v) is 9.26. The number of nitrogens with one attached hydrogen (secondary N) is 1. The van der Waals surface area contributed by atoms with E-state index in [0.717, 1.165) is 0 Å². The molecular formula is C21H27NO6. The highest BCUT2D eigenvalue weighted by atomic mass is 16.5. The fraction of sp³-hybridized carbons (Fsp3) is 0.429. The van der Waals surface area contributed by atoms with Gasteiger partial charge in [0, 0.05) is 19.0 Å². The van der Waals surface area contributed by atoms with Crippen LogP contribution in [0.25, 0.3) is 0 Å². The van der Waals surface area contributed by atoms with E-state index < -0.39 is 24.3 Å². The van der Waals surface area contributed by atoms with E-state index in [1.165, 1.54) is 19.4 Å². The maximum Gasteiger partial charge on any atom is 0.410 e. The SMILES string of the molecule is COC(=O)N/C=C/C[C@H]1C[C@@H](O)[C@@H](C)C/C=C/Cc2cccc(O)c2C(=O)O1. The van der Waals surface area contributed by atoms with Gasteiger partial charge >= 0.3 is 12.1 Å². The van der Waals surface area contributed by atoms with Gasteiger partial charge in [-0.15, -0.1) is 0 Å². The van der Waals surface area contributed by atoms with E-state index in [4.69, 9.17) is 4.74 Å². The molecule has 0 bridgehead atoms. The van der Waals surface area contributed by atoms with Crippen LogP contribution in [0.5, 0.6) is 5.75 Å². The Kier molecular flexibility index (Phi) is 8.07. The van der Waals surface area contributed by atoms with Gasteiger partial charge in [-0.2, -0.15) is 0 Å². The minimum Gasteiger partial charge on any atom is -0.507 e. The number of aliphatic hydroxyl groups excluding tert-OH is 1. The van der Waals surface area contributed by atoms with E-state index >= 15 is 0 Å². The lowest BCUT2D eigenvalue weighted by Gasteiger charge is -2.24. The molecule has 0 spiro atoms. The Hall–Kier alpha value is -2.80. The van der Waals surface area contributed by atoms with Crippen molar-refractivity contribution in [3.8, 4) is 5.75 Å². The number of rotatable bonds is 3. The average Bonchev–Trinajstić information content (AvgIpc) is 2.66. The number of cyclic esters (lactones) is 1. The molecule has 0 saturated carbocycles. The van der Waals surface area contributed by atoms with Gasteiger partial charge in [-0.25, -0.2) is 9.59 Å². The number of allylic oxidation sites excluding steroid dienone is 2. The first-order chi connectivity index (χ1) is 13.4. The molecule has 1 amide bonds. The zero-order valence-corrected chi connectivity index (χ0v) is 16.1. The molecule has 0 aromatic heterocycles. The second-order valence-corrected chi connectivity index (χ2v) is 6.80. The highest BCUT2D eigenvalue weighted by molar-refractivity contribution is 5.94. The van der Waals surface area contributed by atoms with Gasteiger partial charge in [-0.05, 0) is 30.4 Å². The van der Waals surface area contributed by atoms with Crippen molar-refractivity contribution in [1.82, 2.24) is 5.32 Å². The fourth-order valence-electron chi connectivity index (χ4n) is 2.98. The lowest BCUT2D eigenvalue weighted by atomic mass is 9.94. The molecule has 1 aromatic rings. The summed E-state index contributed by atoms with van der Waals surface area (Å²) in [6, 6.07) is 4.91. The third-order valence-corrected chi connectivity index (χ3v) is 4.68. The lowest BCUT2D eigenvalue weighted by Crippen LogP contribution is -2.28. The van der Waals surface area contributed by atoms with Crippen LogP contribution < -0.4 is 5.32 Å². The number of carbonyl (C=O) groups excluding carboxylic acids is 2. The van der Waals surface area contributed by atoms with Crippen LogP contribution in [0.4, 0.5) is 4.79 Å². The average molecular weight is 389 g/mol. The summed E-state index contributed by atoms with van der Waals surface area (Å²) in [5.74, 6) is -0.775. The Labute approximate surface area is 164 Å². The number of hydrogen-bond acceptors (Lipinski definition) is 6. The van der Waals surface area contributed by atoms with Crippen molar-refractivity contribution < 1.29 is 29.3 Å². The lowest BCUT2D eigenvalue weighted by molar-refractivity contribution is 0.00678. The molecule has 0 unspecified atom stereocenters. The predicted octanol–water partition coefficient (Wildman–Crippen LogP) is 3.07. The Morgan fingerprint density at radius 3 is 2.93 bits per heavy atom. The second kappa shape index (κ2) is 10.5. The molecule has 1 aromatic carbocycles. The van der Waals surface area contributed by atoms with Gasteiger partial charge in [-0.1, -0.05) is 37.3 Å². The van der Waals surface area contributed by atoms with E-state index in [9.17, 15) is 19.8 Å². The first-order valence-electron chi connectivity index (χ1n) is 9.26. The molecular weight excluding hydrogens is 362 g/mol. The molecule has 2 rings (SSSR count). The number of methoxy groups -OCH3 is 1. The molecule has 3 N–H and O–H groups in total. The number of phenols is 1. The Balaban J connectivity index is 2.23. The number of aromatic hydroxyl groups is 1.